The summed E-state index contributed by atoms with van der Waals surface area (Å²) in [6.07, 6.45) is 2.88. The van der Waals surface area contributed by atoms with E-state index < -0.39 is 5.97 Å². The summed E-state index contributed by atoms with van der Waals surface area (Å²) in [5, 5.41) is 0.410. The van der Waals surface area contributed by atoms with Crippen molar-refractivity contribution in [2.75, 3.05) is 5.73 Å². The summed E-state index contributed by atoms with van der Waals surface area (Å²) >= 11 is 5.72. The Morgan fingerprint density at radius 1 is 1.24 bits per heavy atom. The fourth-order valence-corrected chi connectivity index (χ4v) is 1.40. The third-order valence-corrected chi connectivity index (χ3v) is 2.24. The number of nitrogen functional groups attached to an aromatic ring is 1. The minimum atomic E-state index is -0.478. The van der Waals surface area contributed by atoms with Gasteiger partial charge in [-0.15, -0.1) is 0 Å². The van der Waals surface area contributed by atoms with Crippen LogP contribution in [0.15, 0.2) is 42.7 Å². The molecule has 86 valence electrons. The molecule has 0 amide bonds. The Balaban J connectivity index is 2.14. The Morgan fingerprint density at radius 3 is 2.59 bits per heavy atom. The van der Waals surface area contributed by atoms with Crippen molar-refractivity contribution in [2.24, 2.45) is 0 Å². The minimum absolute atomic E-state index is 0.305. The number of rotatable bonds is 2. The molecule has 0 saturated heterocycles. The van der Waals surface area contributed by atoms with Crippen LogP contribution in [-0.4, -0.2) is 11.0 Å². The molecule has 0 unspecified atom stereocenters. The van der Waals surface area contributed by atoms with E-state index in [1.54, 1.807) is 24.3 Å². The summed E-state index contributed by atoms with van der Waals surface area (Å²) in [6.45, 7) is 0. The van der Waals surface area contributed by atoms with Crippen LogP contribution >= 0.6 is 11.6 Å². The second-order valence-electron chi connectivity index (χ2n) is 3.35. The van der Waals surface area contributed by atoms with Gasteiger partial charge in [0.25, 0.3) is 0 Å². The number of ether oxygens (including phenoxy) is 1. The van der Waals surface area contributed by atoms with Crippen molar-refractivity contribution in [3.63, 3.8) is 0 Å². The number of hydrogen-bond acceptors (Lipinski definition) is 4. The van der Waals surface area contributed by atoms with Crippen molar-refractivity contribution in [1.82, 2.24) is 4.98 Å². The topological polar surface area (TPSA) is 65.2 Å². The highest BCUT2D eigenvalue weighted by atomic mass is 35.5. The summed E-state index contributed by atoms with van der Waals surface area (Å²) in [7, 11) is 0. The molecule has 2 aromatic rings. The summed E-state index contributed by atoms with van der Waals surface area (Å²) in [5.41, 5.74) is 6.52. The Kier molecular flexibility index (Phi) is 3.25. The van der Waals surface area contributed by atoms with Gasteiger partial charge in [0.1, 0.15) is 0 Å². The lowest BCUT2D eigenvalue weighted by molar-refractivity contribution is 0.0734. The molecule has 4 nitrogen and oxygen atoms in total. The normalized spacial score (nSPS) is 9.94. The standard InChI is InChI=1S/C12H9ClN2O2/c13-9-5-11(7-15-6-9)17-12(16)8-1-3-10(14)4-2-8/h1-7H,14H2. The van der Waals surface area contributed by atoms with E-state index >= 15 is 0 Å². The molecular formula is C12H9ClN2O2. The van der Waals surface area contributed by atoms with Crippen LogP contribution in [-0.2, 0) is 0 Å². The summed E-state index contributed by atoms with van der Waals surface area (Å²) < 4.78 is 5.09. The molecule has 0 atom stereocenters. The number of carbonyl (C=O) groups excluding carboxylic acids is 1. The molecule has 0 spiro atoms. The molecule has 17 heavy (non-hydrogen) atoms. The molecule has 0 bridgehead atoms. The first-order valence-corrected chi connectivity index (χ1v) is 5.21. The van der Waals surface area contributed by atoms with Crippen molar-refractivity contribution in [1.29, 1.82) is 0 Å². The second-order valence-corrected chi connectivity index (χ2v) is 3.79. The molecule has 1 aromatic carbocycles. The highest BCUT2D eigenvalue weighted by molar-refractivity contribution is 6.30. The van der Waals surface area contributed by atoms with Crippen molar-refractivity contribution < 1.29 is 9.53 Å². The number of nitrogens with zero attached hydrogens (tertiary/aromatic N) is 1. The highest BCUT2D eigenvalue weighted by Gasteiger charge is 2.08. The van der Waals surface area contributed by atoms with Gasteiger partial charge in [-0.05, 0) is 24.3 Å². The van der Waals surface area contributed by atoms with Crippen molar-refractivity contribution in [3.05, 3.63) is 53.3 Å². The van der Waals surface area contributed by atoms with E-state index in [4.69, 9.17) is 22.1 Å². The number of pyridine rings is 1. The van der Waals surface area contributed by atoms with Gasteiger partial charge in [-0.25, -0.2) is 4.79 Å². The molecule has 0 radical (unpaired) electrons. The largest absolute Gasteiger partial charge is 0.421 e. The number of hydrogen-bond donors (Lipinski definition) is 1. The van der Waals surface area contributed by atoms with Crippen LogP contribution in [0.4, 0.5) is 5.69 Å². The van der Waals surface area contributed by atoms with E-state index in [1.807, 2.05) is 0 Å². The van der Waals surface area contributed by atoms with Crippen LogP contribution in [0.1, 0.15) is 10.4 Å². The summed E-state index contributed by atoms with van der Waals surface area (Å²) in [5.74, 6) is -0.173. The van der Waals surface area contributed by atoms with Gasteiger partial charge in [0, 0.05) is 18.0 Å². The van der Waals surface area contributed by atoms with Gasteiger partial charge in [-0.2, -0.15) is 0 Å². The lowest BCUT2D eigenvalue weighted by atomic mass is 10.2. The molecule has 1 heterocycles. The number of nitrogens with two attached hydrogens (primary N) is 1. The van der Waals surface area contributed by atoms with Crippen molar-refractivity contribution in [2.45, 2.75) is 0 Å². The van der Waals surface area contributed by atoms with E-state index in [2.05, 4.69) is 4.98 Å². The smallest absolute Gasteiger partial charge is 0.343 e. The second kappa shape index (κ2) is 4.84. The Hall–Kier alpha value is -2.07. The van der Waals surface area contributed by atoms with Gasteiger partial charge in [-0.3, -0.25) is 4.98 Å². The zero-order valence-corrected chi connectivity index (χ0v) is 9.52. The number of carbonyl (C=O) groups is 1. The fourth-order valence-electron chi connectivity index (χ4n) is 1.23. The molecule has 1 aromatic heterocycles. The van der Waals surface area contributed by atoms with Gasteiger partial charge in [0.15, 0.2) is 5.75 Å². The SMILES string of the molecule is Nc1ccc(C(=O)Oc2cncc(Cl)c2)cc1. The first kappa shape index (κ1) is 11.4. The van der Waals surface area contributed by atoms with Gasteiger partial charge in [0.2, 0.25) is 0 Å². The predicted molar refractivity (Wildman–Crippen MR) is 65.1 cm³/mol. The molecule has 0 aliphatic heterocycles. The molecule has 0 saturated carbocycles. The van der Waals surface area contributed by atoms with E-state index in [0.29, 0.717) is 22.0 Å². The number of benzene rings is 1. The van der Waals surface area contributed by atoms with E-state index in [-0.39, 0.29) is 0 Å². The third-order valence-electron chi connectivity index (χ3n) is 2.04. The molecule has 2 rings (SSSR count). The van der Waals surface area contributed by atoms with E-state index in [0.717, 1.165) is 0 Å². The maximum atomic E-state index is 11.7. The molecule has 0 aliphatic carbocycles. The number of aromatic nitrogens is 1. The third kappa shape index (κ3) is 2.95. The van der Waals surface area contributed by atoms with Crippen LogP contribution in [0.2, 0.25) is 5.02 Å². The van der Waals surface area contributed by atoms with Crippen LogP contribution < -0.4 is 10.5 Å². The molecule has 2 N–H and O–H groups in total. The molecule has 5 heteroatoms. The zero-order valence-electron chi connectivity index (χ0n) is 8.76. The lowest BCUT2D eigenvalue weighted by Crippen LogP contribution is -2.08. The predicted octanol–water partition coefficient (Wildman–Crippen LogP) is 2.54. The number of esters is 1. The molecular weight excluding hydrogens is 240 g/mol. The fraction of sp³-hybridized carbons (Fsp3) is 0. The summed E-state index contributed by atoms with van der Waals surface area (Å²) in [6, 6.07) is 7.97. The Morgan fingerprint density at radius 2 is 1.94 bits per heavy atom. The first-order chi connectivity index (χ1) is 8.15. The average molecular weight is 249 g/mol. The Bertz CT molecular complexity index is 540. The van der Waals surface area contributed by atoms with Crippen LogP contribution in [0.5, 0.6) is 5.75 Å². The monoisotopic (exact) mass is 248 g/mol. The van der Waals surface area contributed by atoms with Crippen LogP contribution in [0.25, 0.3) is 0 Å². The minimum Gasteiger partial charge on any atom is -0.421 e. The maximum absolute atomic E-state index is 11.7. The average Bonchev–Trinajstić information content (AvgIpc) is 2.29. The number of halogens is 1. The van der Waals surface area contributed by atoms with Gasteiger partial charge >= 0.3 is 5.97 Å². The van der Waals surface area contributed by atoms with Gasteiger partial charge in [-0.1, -0.05) is 11.6 Å². The number of anilines is 1. The van der Waals surface area contributed by atoms with E-state index in [9.17, 15) is 4.79 Å². The van der Waals surface area contributed by atoms with Crippen molar-refractivity contribution in [3.8, 4) is 5.75 Å². The van der Waals surface area contributed by atoms with Crippen LogP contribution in [0, 0.1) is 0 Å². The van der Waals surface area contributed by atoms with Gasteiger partial charge < -0.3 is 10.5 Å². The van der Waals surface area contributed by atoms with Crippen LogP contribution in [0.3, 0.4) is 0 Å². The molecule has 0 aliphatic rings. The highest BCUT2D eigenvalue weighted by Crippen LogP contribution is 2.17. The molecule has 0 fully saturated rings. The van der Waals surface area contributed by atoms with Crippen molar-refractivity contribution >= 4 is 23.3 Å². The first-order valence-electron chi connectivity index (χ1n) is 4.83. The quantitative estimate of drug-likeness (QED) is 0.655. The zero-order chi connectivity index (χ0) is 12.3. The van der Waals surface area contributed by atoms with E-state index in [1.165, 1.54) is 18.5 Å². The lowest BCUT2D eigenvalue weighted by Gasteiger charge is -2.04. The van der Waals surface area contributed by atoms with Gasteiger partial charge in [0.05, 0.1) is 16.8 Å². The summed E-state index contributed by atoms with van der Waals surface area (Å²) in [4.78, 5) is 15.5. The maximum Gasteiger partial charge on any atom is 0.343 e. The Labute approximate surface area is 103 Å².